The molecular weight excluding hydrogens is 253 g/mol. The highest BCUT2D eigenvalue weighted by molar-refractivity contribution is 5.59. The second kappa shape index (κ2) is 5.12. The van der Waals surface area contributed by atoms with Gasteiger partial charge in [0, 0.05) is 6.04 Å². The Kier molecular flexibility index (Phi) is 3.70. The molecular formula is C14H15F3N2. The first-order valence-electron chi connectivity index (χ1n) is 6.33. The van der Waals surface area contributed by atoms with Crippen LogP contribution in [0.2, 0.25) is 0 Å². The summed E-state index contributed by atoms with van der Waals surface area (Å²) >= 11 is 0. The van der Waals surface area contributed by atoms with E-state index < -0.39 is 11.7 Å². The lowest BCUT2D eigenvalue weighted by atomic mass is 10.1. The Morgan fingerprint density at radius 1 is 1.42 bits per heavy atom. The van der Waals surface area contributed by atoms with E-state index in [-0.39, 0.29) is 11.6 Å². The van der Waals surface area contributed by atoms with Crippen molar-refractivity contribution >= 4 is 5.69 Å². The third kappa shape index (κ3) is 3.19. The first kappa shape index (κ1) is 13.7. The van der Waals surface area contributed by atoms with Crippen LogP contribution < -0.4 is 5.32 Å². The second-order valence-electron chi connectivity index (χ2n) is 4.87. The summed E-state index contributed by atoms with van der Waals surface area (Å²) in [5.74, 6) is 0.582. The molecule has 0 bridgehead atoms. The lowest BCUT2D eigenvalue weighted by Crippen LogP contribution is -2.21. The molecule has 19 heavy (non-hydrogen) atoms. The highest BCUT2D eigenvalue weighted by Gasteiger charge is 2.32. The van der Waals surface area contributed by atoms with E-state index in [0.29, 0.717) is 11.6 Å². The minimum Gasteiger partial charge on any atom is -0.381 e. The van der Waals surface area contributed by atoms with E-state index in [0.717, 1.165) is 31.4 Å². The van der Waals surface area contributed by atoms with Gasteiger partial charge in [0.2, 0.25) is 0 Å². The lowest BCUT2D eigenvalue weighted by molar-refractivity contribution is -0.137. The van der Waals surface area contributed by atoms with E-state index in [1.54, 1.807) is 0 Å². The lowest BCUT2D eigenvalue weighted by Gasteiger charge is -2.19. The molecule has 1 aromatic rings. The topological polar surface area (TPSA) is 35.8 Å². The maximum absolute atomic E-state index is 12.6. The van der Waals surface area contributed by atoms with Gasteiger partial charge in [-0.05, 0) is 43.4 Å². The highest BCUT2D eigenvalue weighted by Crippen LogP contribution is 2.37. The maximum Gasteiger partial charge on any atom is 0.416 e. The minimum absolute atomic E-state index is 0.0499. The average molecular weight is 268 g/mol. The van der Waals surface area contributed by atoms with Crippen molar-refractivity contribution in [3.05, 3.63) is 29.3 Å². The Labute approximate surface area is 110 Å². The number of anilines is 1. The molecule has 5 heteroatoms. The highest BCUT2D eigenvalue weighted by atomic mass is 19.4. The number of nitrogens with zero attached hydrogens (tertiary/aromatic N) is 1. The third-order valence-corrected chi connectivity index (χ3v) is 3.44. The van der Waals surface area contributed by atoms with Gasteiger partial charge in [-0.2, -0.15) is 18.4 Å². The quantitative estimate of drug-likeness (QED) is 0.889. The van der Waals surface area contributed by atoms with Crippen LogP contribution in [0.25, 0.3) is 0 Å². The normalized spacial score (nSPS) is 16.8. The van der Waals surface area contributed by atoms with Gasteiger partial charge in [0.05, 0.1) is 16.8 Å². The van der Waals surface area contributed by atoms with Crippen molar-refractivity contribution < 1.29 is 13.2 Å². The van der Waals surface area contributed by atoms with Crippen molar-refractivity contribution in [2.75, 3.05) is 5.32 Å². The molecule has 0 radical (unpaired) electrons. The summed E-state index contributed by atoms with van der Waals surface area (Å²) in [6.07, 6.45) is -1.22. The summed E-state index contributed by atoms with van der Waals surface area (Å²) in [6.45, 7) is 2.03. The van der Waals surface area contributed by atoms with Gasteiger partial charge >= 0.3 is 6.18 Å². The zero-order chi connectivity index (χ0) is 14.0. The summed E-state index contributed by atoms with van der Waals surface area (Å²) in [4.78, 5) is 0. The standard InChI is InChI=1S/C14H15F3N2/c1-2-12(9-3-4-9)19-13-6-5-11(14(15,16)17)7-10(13)8-18/h5-7,9,12,19H,2-4H2,1H3. The number of halogens is 3. The zero-order valence-electron chi connectivity index (χ0n) is 10.6. The predicted molar refractivity (Wildman–Crippen MR) is 66.6 cm³/mol. The van der Waals surface area contributed by atoms with Gasteiger partial charge in [0.1, 0.15) is 6.07 Å². The summed E-state index contributed by atoms with van der Waals surface area (Å²) < 4.78 is 37.7. The van der Waals surface area contributed by atoms with Crippen molar-refractivity contribution in [2.24, 2.45) is 5.92 Å². The van der Waals surface area contributed by atoms with Gasteiger partial charge in [-0.25, -0.2) is 0 Å². The number of nitrogens with one attached hydrogen (secondary N) is 1. The fourth-order valence-electron chi connectivity index (χ4n) is 2.19. The molecule has 1 aliphatic carbocycles. The fraction of sp³-hybridized carbons (Fsp3) is 0.500. The number of benzene rings is 1. The van der Waals surface area contributed by atoms with E-state index in [1.807, 2.05) is 13.0 Å². The number of hydrogen-bond acceptors (Lipinski definition) is 2. The molecule has 0 aromatic heterocycles. The van der Waals surface area contributed by atoms with Crippen LogP contribution in [-0.2, 0) is 6.18 Å². The zero-order valence-corrected chi connectivity index (χ0v) is 10.6. The Hall–Kier alpha value is -1.70. The van der Waals surface area contributed by atoms with Gasteiger partial charge in [0.25, 0.3) is 0 Å². The number of nitriles is 1. The van der Waals surface area contributed by atoms with E-state index in [1.165, 1.54) is 6.07 Å². The van der Waals surface area contributed by atoms with E-state index in [4.69, 9.17) is 5.26 Å². The van der Waals surface area contributed by atoms with Crippen molar-refractivity contribution in [1.82, 2.24) is 0 Å². The average Bonchev–Trinajstić information content (AvgIpc) is 3.19. The van der Waals surface area contributed by atoms with Gasteiger partial charge in [-0.15, -0.1) is 0 Å². The minimum atomic E-state index is -4.41. The summed E-state index contributed by atoms with van der Waals surface area (Å²) in [7, 11) is 0. The molecule has 1 fully saturated rings. The summed E-state index contributed by atoms with van der Waals surface area (Å²) in [5, 5.41) is 12.2. The molecule has 102 valence electrons. The second-order valence-corrected chi connectivity index (χ2v) is 4.87. The predicted octanol–water partition coefficient (Wildman–Crippen LogP) is 4.18. The van der Waals surface area contributed by atoms with Crippen LogP contribution >= 0.6 is 0 Å². The number of rotatable bonds is 4. The third-order valence-electron chi connectivity index (χ3n) is 3.44. The molecule has 1 aromatic carbocycles. The molecule has 0 amide bonds. The Morgan fingerprint density at radius 2 is 2.11 bits per heavy atom. The van der Waals surface area contributed by atoms with Gasteiger partial charge in [-0.1, -0.05) is 6.92 Å². The van der Waals surface area contributed by atoms with Crippen molar-refractivity contribution in [1.29, 1.82) is 5.26 Å². The molecule has 1 N–H and O–H groups in total. The van der Waals surface area contributed by atoms with Gasteiger partial charge in [-0.3, -0.25) is 0 Å². The molecule has 2 rings (SSSR count). The van der Waals surface area contributed by atoms with Crippen LogP contribution in [0.1, 0.15) is 37.3 Å². The van der Waals surface area contributed by atoms with Crippen LogP contribution in [0.3, 0.4) is 0 Å². The molecule has 0 spiro atoms. The van der Waals surface area contributed by atoms with Crippen LogP contribution in [-0.4, -0.2) is 6.04 Å². The van der Waals surface area contributed by atoms with Crippen molar-refractivity contribution in [3.63, 3.8) is 0 Å². The smallest absolute Gasteiger partial charge is 0.381 e. The first-order valence-corrected chi connectivity index (χ1v) is 6.33. The Morgan fingerprint density at radius 3 is 2.58 bits per heavy atom. The monoisotopic (exact) mass is 268 g/mol. The summed E-state index contributed by atoms with van der Waals surface area (Å²) in [6, 6.07) is 5.35. The Bertz CT molecular complexity index is 498. The maximum atomic E-state index is 12.6. The first-order chi connectivity index (χ1) is 8.95. The molecule has 2 nitrogen and oxygen atoms in total. The Balaban J connectivity index is 2.23. The SMILES string of the molecule is CCC(Nc1ccc(C(F)(F)F)cc1C#N)C1CC1. The number of alkyl halides is 3. The molecule has 1 saturated carbocycles. The molecule has 0 aliphatic heterocycles. The fourth-order valence-corrected chi connectivity index (χ4v) is 2.19. The van der Waals surface area contributed by atoms with E-state index in [9.17, 15) is 13.2 Å². The molecule has 0 heterocycles. The molecule has 1 aliphatic rings. The van der Waals surface area contributed by atoms with Crippen molar-refractivity contribution in [2.45, 2.75) is 38.4 Å². The molecule has 1 unspecified atom stereocenters. The van der Waals surface area contributed by atoms with Gasteiger partial charge in [0.15, 0.2) is 0 Å². The van der Waals surface area contributed by atoms with Gasteiger partial charge < -0.3 is 5.32 Å². The van der Waals surface area contributed by atoms with E-state index in [2.05, 4.69) is 5.32 Å². The summed E-state index contributed by atoms with van der Waals surface area (Å²) in [5.41, 5.74) is -0.239. The van der Waals surface area contributed by atoms with E-state index >= 15 is 0 Å². The van der Waals surface area contributed by atoms with Crippen molar-refractivity contribution in [3.8, 4) is 6.07 Å². The van der Waals surface area contributed by atoms with Crippen LogP contribution in [0.15, 0.2) is 18.2 Å². The molecule has 1 atom stereocenters. The van der Waals surface area contributed by atoms with Crippen LogP contribution in [0.5, 0.6) is 0 Å². The molecule has 0 saturated heterocycles. The van der Waals surface area contributed by atoms with Crippen LogP contribution in [0.4, 0.5) is 18.9 Å². The largest absolute Gasteiger partial charge is 0.416 e. The number of hydrogen-bond donors (Lipinski definition) is 1. The van der Waals surface area contributed by atoms with Crippen LogP contribution in [0, 0.1) is 17.2 Å².